The molecule has 0 amide bonds. The van der Waals surface area contributed by atoms with Gasteiger partial charge in [-0.1, -0.05) is 12.1 Å². The normalized spacial score (nSPS) is 10.7. The molecule has 0 spiro atoms. The van der Waals surface area contributed by atoms with Gasteiger partial charge in [-0.25, -0.2) is 4.98 Å². The molecule has 0 saturated carbocycles. The van der Waals surface area contributed by atoms with Crippen molar-refractivity contribution in [1.82, 2.24) is 4.98 Å². The molecule has 0 radical (unpaired) electrons. The van der Waals surface area contributed by atoms with Gasteiger partial charge in [-0.3, -0.25) is 0 Å². The third-order valence-electron chi connectivity index (χ3n) is 2.87. The monoisotopic (exact) mass is 285 g/mol. The number of aryl methyl sites for hydroxylation is 2. The summed E-state index contributed by atoms with van der Waals surface area (Å²) in [6, 6.07) is 10.1. The zero-order valence-electron chi connectivity index (χ0n) is 11.4. The van der Waals surface area contributed by atoms with Gasteiger partial charge >= 0.3 is 0 Å². The maximum absolute atomic E-state index is 5.77. The molecule has 3 rings (SSSR count). The molecular formula is C16H15NO2S. The Kier molecular flexibility index (Phi) is 3.56. The minimum absolute atomic E-state index is 0.414. The van der Waals surface area contributed by atoms with Gasteiger partial charge in [0.15, 0.2) is 0 Å². The lowest BCUT2D eigenvalue weighted by molar-refractivity contribution is 0.300. The van der Waals surface area contributed by atoms with Gasteiger partial charge in [0.1, 0.15) is 24.3 Å². The Hall–Kier alpha value is -2.07. The first-order valence-electron chi connectivity index (χ1n) is 6.40. The van der Waals surface area contributed by atoms with E-state index in [1.165, 1.54) is 11.1 Å². The van der Waals surface area contributed by atoms with Crippen molar-refractivity contribution in [3.63, 3.8) is 0 Å². The summed E-state index contributed by atoms with van der Waals surface area (Å²) in [4.78, 5) is 5.46. The Balaban J connectivity index is 1.69. The fourth-order valence-corrected chi connectivity index (χ4v) is 2.72. The van der Waals surface area contributed by atoms with E-state index in [1.54, 1.807) is 17.6 Å². The molecule has 0 aliphatic heterocycles. The van der Waals surface area contributed by atoms with Crippen LogP contribution < -0.4 is 4.74 Å². The van der Waals surface area contributed by atoms with Crippen molar-refractivity contribution in [1.29, 1.82) is 0 Å². The van der Waals surface area contributed by atoms with Crippen LogP contribution >= 0.6 is 11.3 Å². The van der Waals surface area contributed by atoms with Crippen molar-refractivity contribution in [2.24, 2.45) is 0 Å². The number of hydrogen-bond donors (Lipinski definition) is 0. The average molecular weight is 285 g/mol. The summed E-state index contributed by atoms with van der Waals surface area (Å²) in [7, 11) is 0. The van der Waals surface area contributed by atoms with Crippen LogP contribution in [0.2, 0.25) is 0 Å². The van der Waals surface area contributed by atoms with Gasteiger partial charge in [0.05, 0.1) is 4.88 Å². The Morgan fingerprint density at radius 3 is 2.70 bits per heavy atom. The highest BCUT2D eigenvalue weighted by molar-refractivity contribution is 7.13. The predicted octanol–water partition coefficient (Wildman–Crippen LogP) is 4.60. The van der Waals surface area contributed by atoms with Crippen LogP contribution in [0.1, 0.15) is 16.8 Å². The molecule has 0 N–H and O–H groups in total. The largest absolute Gasteiger partial charge is 0.487 e. The van der Waals surface area contributed by atoms with Gasteiger partial charge in [0.2, 0.25) is 5.89 Å². The van der Waals surface area contributed by atoms with E-state index >= 15 is 0 Å². The first-order valence-corrected chi connectivity index (χ1v) is 7.28. The first-order chi connectivity index (χ1) is 9.70. The highest BCUT2D eigenvalue weighted by Crippen LogP contribution is 2.24. The van der Waals surface area contributed by atoms with Crippen LogP contribution in [0.25, 0.3) is 10.8 Å². The molecule has 0 fully saturated rings. The van der Waals surface area contributed by atoms with Gasteiger partial charge in [0.25, 0.3) is 0 Å². The summed E-state index contributed by atoms with van der Waals surface area (Å²) in [6.07, 6.45) is 1.65. The number of hydrogen-bond acceptors (Lipinski definition) is 4. The minimum Gasteiger partial charge on any atom is -0.487 e. The lowest BCUT2D eigenvalue weighted by Gasteiger charge is -2.06. The molecule has 3 nitrogen and oxygen atoms in total. The first kappa shape index (κ1) is 12.9. The van der Waals surface area contributed by atoms with E-state index in [0.29, 0.717) is 12.5 Å². The molecule has 2 heterocycles. The quantitative estimate of drug-likeness (QED) is 0.702. The van der Waals surface area contributed by atoms with Crippen LogP contribution in [-0.2, 0) is 6.61 Å². The van der Waals surface area contributed by atoms with Crippen molar-refractivity contribution in [3.8, 4) is 16.5 Å². The second kappa shape index (κ2) is 5.51. The molecule has 0 atom stereocenters. The topological polar surface area (TPSA) is 35.3 Å². The summed E-state index contributed by atoms with van der Waals surface area (Å²) in [6.45, 7) is 4.54. The van der Waals surface area contributed by atoms with Crippen molar-refractivity contribution < 1.29 is 9.15 Å². The Morgan fingerprint density at radius 2 is 2.00 bits per heavy atom. The van der Waals surface area contributed by atoms with E-state index in [0.717, 1.165) is 16.3 Å². The number of thiophene rings is 1. The van der Waals surface area contributed by atoms with Gasteiger partial charge in [-0.2, -0.15) is 0 Å². The number of nitrogens with zero attached hydrogens (tertiary/aromatic N) is 1. The molecule has 0 bridgehead atoms. The van der Waals surface area contributed by atoms with Crippen LogP contribution in [0.4, 0.5) is 0 Å². The van der Waals surface area contributed by atoms with Crippen LogP contribution in [0.5, 0.6) is 5.75 Å². The number of aromatic nitrogens is 1. The third-order valence-corrected chi connectivity index (χ3v) is 3.72. The number of ether oxygens (including phenoxy) is 1. The Morgan fingerprint density at radius 1 is 1.20 bits per heavy atom. The predicted molar refractivity (Wildman–Crippen MR) is 80.1 cm³/mol. The summed E-state index contributed by atoms with van der Waals surface area (Å²) in [5, 5.41) is 2.01. The van der Waals surface area contributed by atoms with Gasteiger partial charge < -0.3 is 9.15 Å². The van der Waals surface area contributed by atoms with E-state index in [9.17, 15) is 0 Å². The van der Waals surface area contributed by atoms with Gasteiger partial charge in [0, 0.05) is 0 Å². The van der Waals surface area contributed by atoms with Crippen LogP contribution in [-0.4, -0.2) is 4.98 Å². The zero-order chi connectivity index (χ0) is 13.9. The fraction of sp³-hybridized carbons (Fsp3) is 0.188. The molecule has 0 unspecified atom stereocenters. The summed E-state index contributed by atoms with van der Waals surface area (Å²) in [5.41, 5.74) is 3.19. The Labute approximate surface area is 121 Å². The van der Waals surface area contributed by atoms with E-state index in [-0.39, 0.29) is 0 Å². The van der Waals surface area contributed by atoms with E-state index in [1.807, 2.05) is 29.6 Å². The molecule has 102 valence electrons. The number of rotatable bonds is 4. The van der Waals surface area contributed by atoms with Crippen LogP contribution in [0.3, 0.4) is 0 Å². The maximum atomic E-state index is 5.77. The second-order valence-corrected chi connectivity index (χ2v) is 5.68. The molecule has 1 aromatic carbocycles. The van der Waals surface area contributed by atoms with Crippen molar-refractivity contribution in [2.75, 3.05) is 0 Å². The highest BCUT2D eigenvalue weighted by Gasteiger charge is 2.08. The fourth-order valence-electron chi connectivity index (χ4n) is 2.06. The average Bonchev–Trinajstić information content (AvgIpc) is 3.06. The highest BCUT2D eigenvalue weighted by atomic mass is 32.1. The molecule has 0 saturated heterocycles. The van der Waals surface area contributed by atoms with Gasteiger partial charge in [-0.05, 0) is 48.6 Å². The third kappa shape index (κ3) is 2.91. The van der Waals surface area contributed by atoms with Crippen molar-refractivity contribution in [3.05, 3.63) is 58.8 Å². The number of oxazole rings is 1. The molecule has 3 aromatic rings. The Bertz CT molecular complexity index is 681. The molecule has 4 heteroatoms. The molecular weight excluding hydrogens is 270 g/mol. The van der Waals surface area contributed by atoms with E-state index in [4.69, 9.17) is 9.15 Å². The molecule has 2 aromatic heterocycles. The maximum Gasteiger partial charge on any atom is 0.236 e. The summed E-state index contributed by atoms with van der Waals surface area (Å²) < 4.78 is 11.2. The lowest BCUT2D eigenvalue weighted by atomic mass is 10.1. The zero-order valence-corrected chi connectivity index (χ0v) is 12.2. The smallest absolute Gasteiger partial charge is 0.236 e. The molecule has 20 heavy (non-hydrogen) atoms. The number of benzene rings is 1. The molecule has 0 aliphatic carbocycles. The standard InChI is InChI=1S/C16H15NO2S/c1-11-6-12(2)8-14(7-11)18-9-13-10-19-16(17-13)15-4-3-5-20-15/h3-8,10H,9H2,1-2H3. The summed E-state index contributed by atoms with van der Waals surface area (Å²) >= 11 is 1.61. The van der Waals surface area contributed by atoms with Gasteiger partial charge in [-0.15, -0.1) is 11.3 Å². The second-order valence-electron chi connectivity index (χ2n) is 4.73. The van der Waals surface area contributed by atoms with Crippen LogP contribution in [0, 0.1) is 13.8 Å². The minimum atomic E-state index is 0.414. The lowest BCUT2D eigenvalue weighted by Crippen LogP contribution is -1.96. The van der Waals surface area contributed by atoms with Crippen molar-refractivity contribution >= 4 is 11.3 Å². The molecule has 0 aliphatic rings. The van der Waals surface area contributed by atoms with E-state index in [2.05, 4.69) is 24.9 Å². The van der Waals surface area contributed by atoms with E-state index < -0.39 is 0 Å². The summed E-state index contributed by atoms with van der Waals surface area (Å²) in [5.74, 6) is 1.52. The van der Waals surface area contributed by atoms with Crippen LogP contribution in [0.15, 0.2) is 46.4 Å². The SMILES string of the molecule is Cc1cc(C)cc(OCc2coc(-c3cccs3)n2)c1. The van der Waals surface area contributed by atoms with Crippen molar-refractivity contribution in [2.45, 2.75) is 20.5 Å².